The van der Waals surface area contributed by atoms with Crippen molar-refractivity contribution in [3.05, 3.63) is 34.7 Å². The van der Waals surface area contributed by atoms with Gasteiger partial charge in [0.05, 0.1) is 5.56 Å². The standard InChI is InChI=1S/C12H13N3O5S/c1-7(16)13-10(6-21-15-20)11(17)14-9-4-2-8(3-5-9)12(18)19/h2-5,10H,6H2,1H3,(H,13,16)(H,14,17)(H,18,19)/t10-/m1/s1. The Morgan fingerprint density at radius 2 is 1.90 bits per heavy atom. The second kappa shape index (κ2) is 8.00. The van der Waals surface area contributed by atoms with Gasteiger partial charge in [-0.05, 0) is 24.3 Å². The van der Waals surface area contributed by atoms with Crippen LogP contribution in [-0.2, 0) is 9.59 Å². The van der Waals surface area contributed by atoms with Gasteiger partial charge >= 0.3 is 5.97 Å². The average molecular weight is 311 g/mol. The zero-order valence-electron chi connectivity index (χ0n) is 11.0. The normalized spacial score (nSPS) is 11.3. The lowest BCUT2D eigenvalue weighted by atomic mass is 10.2. The van der Waals surface area contributed by atoms with Crippen LogP contribution in [0, 0.1) is 4.91 Å². The number of carboxylic acids is 1. The van der Waals surface area contributed by atoms with Crippen molar-refractivity contribution < 1.29 is 19.5 Å². The van der Waals surface area contributed by atoms with Crippen LogP contribution in [0.5, 0.6) is 0 Å². The number of anilines is 1. The molecule has 0 radical (unpaired) electrons. The van der Waals surface area contributed by atoms with Crippen molar-refractivity contribution in [2.45, 2.75) is 13.0 Å². The third kappa shape index (κ3) is 5.61. The Balaban J connectivity index is 2.72. The first-order valence-corrected chi connectivity index (χ1v) is 6.74. The van der Waals surface area contributed by atoms with Crippen molar-refractivity contribution in [2.24, 2.45) is 4.58 Å². The van der Waals surface area contributed by atoms with Crippen LogP contribution in [-0.4, -0.2) is 34.7 Å². The molecule has 1 atom stereocenters. The Hall–Kier alpha value is -2.42. The fraction of sp³-hybridized carbons (Fsp3) is 0.250. The molecule has 0 aliphatic heterocycles. The number of nitrogens with zero attached hydrogens (tertiary/aromatic N) is 1. The van der Waals surface area contributed by atoms with Crippen LogP contribution < -0.4 is 10.6 Å². The number of hydrogen-bond acceptors (Lipinski definition) is 6. The Morgan fingerprint density at radius 1 is 1.29 bits per heavy atom. The van der Waals surface area contributed by atoms with Gasteiger partial charge in [0, 0.05) is 34.9 Å². The van der Waals surface area contributed by atoms with Gasteiger partial charge in [-0.3, -0.25) is 9.59 Å². The largest absolute Gasteiger partial charge is 0.478 e. The van der Waals surface area contributed by atoms with E-state index in [1.54, 1.807) is 0 Å². The maximum absolute atomic E-state index is 12.0. The number of carboxylic acid groups (broad SMARTS) is 1. The Labute approximate surface area is 124 Å². The molecular formula is C12H13N3O5S. The summed E-state index contributed by atoms with van der Waals surface area (Å²) in [6, 6.07) is 4.62. The van der Waals surface area contributed by atoms with E-state index in [0.29, 0.717) is 17.6 Å². The third-order valence-corrected chi connectivity index (χ3v) is 2.98. The van der Waals surface area contributed by atoms with E-state index in [2.05, 4.69) is 15.2 Å². The summed E-state index contributed by atoms with van der Waals surface area (Å²) in [7, 11) is 0. The van der Waals surface area contributed by atoms with E-state index in [9.17, 15) is 19.3 Å². The predicted molar refractivity (Wildman–Crippen MR) is 77.9 cm³/mol. The van der Waals surface area contributed by atoms with Gasteiger partial charge in [0.15, 0.2) is 0 Å². The van der Waals surface area contributed by atoms with Gasteiger partial charge in [-0.2, -0.15) is 0 Å². The molecule has 8 nitrogen and oxygen atoms in total. The number of aromatic carboxylic acids is 1. The summed E-state index contributed by atoms with van der Waals surface area (Å²) >= 11 is 0.620. The highest BCUT2D eigenvalue weighted by Crippen LogP contribution is 2.11. The van der Waals surface area contributed by atoms with Crippen LogP contribution in [0.25, 0.3) is 0 Å². The van der Waals surface area contributed by atoms with Crippen molar-refractivity contribution >= 4 is 35.4 Å². The van der Waals surface area contributed by atoms with Crippen molar-refractivity contribution in [1.82, 2.24) is 5.32 Å². The first-order valence-electron chi connectivity index (χ1n) is 5.80. The maximum Gasteiger partial charge on any atom is 0.335 e. The summed E-state index contributed by atoms with van der Waals surface area (Å²) in [5, 5.41) is 13.7. The van der Waals surface area contributed by atoms with Crippen LogP contribution in [0.15, 0.2) is 28.8 Å². The van der Waals surface area contributed by atoms with E-state index >= 15 is 0 Å². The highest BCUT2D eigenvalue weighted by molar-refractivity contribution is 7.97. The van der Waals surface area contributed by atoms with Crippen LogP contribution in [0.2, 0.25) is 0 Å². The quantitative estimate of drug-likeness (QED) is 0.514. The lowest BCUT2D eigenvalue weighted by molar-refractivity contribution is -0.124. The number of rotatable bonds is 7. The zero-order chi connectivity index (χ0) is 15.8. The van der Waals surface area contributed by atoms with Crippen LogP contribution in [0.1, 0.15) is 17.3 Å². The van der Waals surface area contributed by atoms with Gasteiger partial charge in [-0.1, -0.05) is 0 Å². The number of carbonyl (C=O) groups excluding carboxylic acids is 2. The molecule has 0 unspecified atom stereocenters. The molecule has 0 fully saturated rings. The summed E-state index contributed by atoms with van der Waals surface area (Å²) in [6.07, 6.45) is 0. The number of nitroso groups, excluding NO2 is 1. The van der Waals surface area contributed by atoms with Crippen LogP contribution in [0.4, 0.5) is 5.69 Å². The third-order valence-electron chi connectivity index (χ3n) is 2.39. The first kappa shape index (κ1) is 16.6. The monoisotopic (exact) mass is 311 g/mol. The van der Waals surface area contributed by atoms with Gasteiger partial charge in [-0.25, -0.2) is 4.79 Å². The van der Waals surface area contributed by atoms with Gasteiger partial charge in [-0.15, -0.1) is 4.91 Å². The lowest BCUT2D eigenvalue weighted by Gasteiger charge is -2.15. The van der Waals surface area contributed by atoms with E-state index in [1.165, 1.54) is 31.2 Å². The second-order valence-electron chi connectivity index (χ2n) is 4.00. The molecule has 0 bridgehead atoms. The Kier molecular flexibility index (Phi) is 6.34. The second-order valence-corrected chi connectivity index (χ2v) is 4.74. The topological polar surface area (TPSA) is 125 Å². The lowest BCUT2D eigenvalue weighted by Crippen LogP contribution is -2.44. The molecule has 0 heterocycles. The molecule has 1 rings (SSSR count). The van der Waals surface area contributed by atoms with Crippen LogP contribution in [0.3, 0.4) is 0 Å². The Bertz CT molecular complexity index is 546. The number of hydrogen-bond donors (Lipinski definition) is 3. The zero-order valence-corrected chi connectivity index (χ0v) is 11.8. The van der Waals surface area contributed by atoms with Gasteiger partial charge in [0.25, 0.3) is 0 Å². The summed E-state index contributed by atoms with van der Waals surface area (Å²) in [5.74, 6) is -2.01. The number of carbonyl (C=O) groups is 3. The van der Waals surface area contributed by atoms with Gasteiger partial charge in [0.1, 0.15) is 6.04 Å². The van der Waals surface area contributed by atoms with Crippen molar-refractivity contribution in [1.29, 1.82) is 0 Å². The minimum Gasteiger partial charge on any atom is -0.478 e. The molecule has 2 amide bonds. The minimum absolute atomic E-state index is 0.00211. The molecule has 21 heavy (non-hydrogen) atoms. The molecule has 0 spiro atoms. The molecule has 1 aromatic rings. The SMILES string of the molecule is CC(=O)N[C@H](CSN=O)C(=O)Nc1ccc(C(=O)O)cc1. The summed E-state index contributed by atoms with van der Waals surface area (Å²) < 4.78 is 2.57. The molecule has 0 aromatic heterocycles. The van der Waals surface area contributed by atoms with Gasteiger partial charge in [0.2, 0.25) is 11.8 Å². The van der Waals surface area contributed by atoms with Gasteiger partial charge < -0.3 is 15.7 Å². The Morgan fingerprint density at radius 3 is 2.38 bits per heavy atom. The highest BCUT2D eigenvalue weighted by Gasteiger charge is 2.20. The predicted octanol–water partition coefficient (Wildman–Crippen LogP) is 1.24. The number of amides is 2. The first-order chi connectivity index (χ1) is 9.93. The van der Waals surface area contributed by atoms with E-state index in [4.69, 9.17) is 5.11 Å². The molecule has 9 heteroatoms. The highest BCUT2D eigenvalue weighted by atomic mass is 32.2. The fourth-order valence-electron chi connectivity index (χ4n) is 1.46. The molecule has 3 N–H and O–H groups in total. The van der Waals surface area contributed by atoms with E-state index in [1.807, 2.05) is 0 Å². The summed E-state index contributed by atoms with van der Waals surface area (Å²) in [5.41, 5.74) is 0.469. The van der Waals surface area contributed by atoms with Crippen LogP contribution >= 0.6 is 11.9 Å². The molecular weight excluding hydrogens is 298 g/mol. The number of nitrogens with one attached hydrogen (secondary N) is 2. The van der Waals surface area contributed by atoms with Crippen molar-refractivity contribution in [2.75, 3.05) is 11.1 Å². The molecule has 0 saturated carbocycles. The average Bonchev–Trinajstić information content (AvgIpc) is 2.43. The van der Waals surface area contributed by atoms with Crippen molar-refractivity contribution in [3.63, 3.8) is 0 Å². The fourth-order valence-corrected chi connectivity index (χ4v) is 1.90. The van der Waals surface area contributed by atoms with E-state index in [0.717, 1.165) is 0 Å². The minimum atomic E-state index is -1.07. The molecule has 0 aliphatic rings. The van der Waals surface area contributed by atoms with E-state index < -0.39 is 23.8 Å². The number of benzene rings is 1. The molecule has 0 saturated heterocycles. The molecule has 0 aliphatic carbocycles. The smallest absolute Gasteiger partial charge is 0.335 e. The summed E-state index contributed by atoms with van der Waals surface area (Å²) in [6.45, 7) is 1.25. The molecule has 1 aromatic carbocycles. The molecule has 112 valence electrons. The van der Waals surface area contributed by atoms with Crippen molar-refractivity contribution in [3.8, 4) is 0 Å². The maximum atomic E-state index is 12.0. The summed E-state index contributed by atoms with van der Waals surface area (Å²) in [4.78, 5) is 43.8. The van der Waals surface area contributed by atoms with E-state index in [-0.39, 0.29) is 11.3 Å².